The predicted octanol–water partition coefficient (Wildman–Crippen LogP) is -1.53. The molecule has 17 heteroatoms. The number of alkyl halides is 3. The van der Waals surface area contributed by atoms with E-state index in [-0.39, 0.29) is 61.0 Å². The number of carbonyl (C=O) groups is 3. The van der Waals surface area contributed by atoms with Crippen molar-refractivity contribution < 1.29 is 67.0 Å². The molecule has 212 valence electrons. The molecule has 1 fully saturated rings. The number of aromatic nitrogens is 1. The Bertz CT molecular complexity index is 1640. The van der Waals surface area contributed by atoms with E-state index in [0.29, 0.717) is 15.8 Å². The van der Waals surface area contributed by atoms with Crippen molar-refractivity contribution in [2.24, 2.45) is 0 Å². The molecular formula is C24H19F3N3NaO6S4. The second-order valence-electron chi connectivity index (χ2n) is 8.13. The van der Waals surface area contributed by atoms with Crippen LogP contribution in [0.4, 0.5) is 18.9 Å². The molecule has 0 aliphatic carbocycles. The number of thiocarbonyl (C=S) groups is 1. The van der Waals surface area contributed by atoms with Crippen molar-refractivity contribution in [2.75, 3.05) is 24.6 Å². The number of hydrogen-bond donors (Lipinski definition) is 0. The van der Waals surface area contributed by atoms with Crippen LogP contribution in [-0.2, 0) is 31.8 Å². The van der Waals surface area contributed by atoms with E-state index >= 15 is 0 Å². The van der Waals surface area contributed by atoms with Crippen molar-refractivity contribution >= 4 is 85.9 Å². The van der Waals surface area contributed by atoms with E-state index in [1.54, 1.807) is 13.8 Å². The van der Waals surface area contributed by atoms with Gasteiger partial charge in [0.05, 0.1) is 39.9 Å². The standard InChI is InChI=1S/C24H20F3N3O6S4.Na/c1-3-28-21(35)19(40-23(28)37)22-30(11-18(33)36-4-2)20(34)15(39-22)7-8-16-29(10-17(31)32)13-9-12(24(25,26)27)5-6-14(13)38-16;/h5-9H,3-4,10-11H2,1-2H3,(H,31,32);/q;+1/p-1/b15-7?,16-8?,22-19-;. The molecule has 2 aliphatic heterocycles. The van der Waals surface area contributed by atoms with Crippen LogP contribution in [0, 0.1) is 0 Å². The van der Waals surface area contributed by atoms with Crippen molar-refractivity contribution in [3.8, 4) is 0 Å². The Labute approximate surface area is 271 Å². The van der Waals surface area contributed by atoms with E-state index in [0.717, 1.165) is 56.5 Å². The van der Waals surface area contributed by atoms with Gasteiger partial charge in [0.15, 0.2) is 0 Å². The van der Waals surface area contributed by atoms with Crippen LogP contribution in [-0.4, -0.2) is 51.3 Å². The monoisotopic (exact) mass is 653 g/mol. The minimum absolute atomic E-state index is 0. The number of amides is 1. The van der Waals surface area contributed by atoms with Gasteiger partial charge in [-0.05, 0) is 44.2 Å². The van der Waals surface area contributed by atoms with Crippen LogP contribution in [0.1, 0.15) is 19.4 Å². The van der Waals surface area contributed by atoms with Gasteiger partial charge in [0.2, 0.25) is 0 Å². The molecule has 3 heterocycles. The minimum atomic E-state index is -4.63. The predicted molar refractivity (Wildman–Crippen MR) is 148 cm³/mol. The van der Waals surface area contributed by atoms with Gasteiger partial charge in [-0.3, -0.25) is 23.9 Å². The van der Waals surface area contributed by atoms with E-state index in [4.69, 9.17) is 17.0 Å². The maximum absolute atomic E-state index is 13.3. The quantitative estimate of drug-likeness (QED) is 0.198. The number of carbonyl (C=O) groups excluding carboxylic acids is 3. The first kappa shape index (κ1) is 33.4. The van der Waals surface area contributed by atoms with Gasteiger partial charge < -0.3 is 19.5 Å². The van der Waals surface area contributed by atoms with Crippen LogP contribution < -0.4 is 54.3 Å². The summed E-state index contributed by atoms with van der Waals surface area (Å²) >= 11 is 8.21. The Hall–Kier alpha value is -2.08. The summed E-state index contributed by atoms with van der Waals surface area (Å²) in [6.45, 7) is 2.56. The molecule has 1 aromatic carbocycles. The van der Waals surface area contributed by atoms with Gasteiger partial charge >= 0.3 is 41.7 Å². The molecule has 0 N–H and O–H groups in total. The van der Waals surface area contributed by atoms with Gasteiger partial charge in [0, 0.05) is 11.4 Å². The van der Waals surface area contributed by atoms with Crippen LogP contribution in [0.5, 0.6) is 0 Å². The number of carboxylic acids is 1. The molecule has 0 bridgehead atoms. The van der Waals surface area contributed by atoms with E-state index in [9.17, 15) is 37.5 Å². The number of thiazole rings is 1. The Morgan fingerprint density at radius 2 is 1.80 bits per heavy atom. The molecule has 0 atom stereocenters. The topological polar surface area (TPSA) is 112 Å². The van der Waals surface area contributed by atoms with E-state index < -0.39 is 48.2 Å². The van der Waals surface area contributed by atoms with Crippen molar-refractivity contribution in [3.63, 3.8) is 0 Å². The fourth-order valence-corrected chi connectivity index (χ4v) is 7.45. The summed E-state index contributed by atoms with van der Waals surface area (Å²) in [4.78, 5) is 53.0. The number of hydrogen-bond acceptors (Lipinski definition) is 11. The minimum Gasteiger partial charge on any atom is -0.548 e. The first-order valence-electron chi connectivity index (χ1n) is 11.6. The number of nitrogens with zero attached hydrogens (tertiary/aromatic N) is 3. The summed E-state index contributed by atoms with van der Waals surface area (Å²) in [5.41, 5.74) is -1.52. The second kappa shape index (κ2) is 13.5. The Morgan fingerprint density at radius 3 is 2.39 bits per heavy atom. The van der Waals surface area contributed by atoms with Crippen LogP contribution in [0.2, 0.25) is 0 Å². The van der Waals surface area contributed by atoms with Crippen molar-refractivity contribution in [1.29, 1.82) is 0 Å². The van der Waals surface area contributed by atoms with Crippen molar-refractivity contribution in [1.82, 2.24) is 9.47 Å². The van der Waals surface area contributed by atoms with Crippen LogP contribution in [0.3, 0.4) is 0 Å². The smallest absolute Gasteiger partial charge is 0.548 e. The summed E-state index contributed by atoms with van der Waals surface area (Å²) in [7, 11) is 0. The third kappa shape index (κ3) is 7.12. The van der Waals surface area contributed by atoms with E-state index in [1.807, 2.05) is 0 Å². The molecule has 9 nitrogen and oxygen atoms in total. The number of aliphatic carboxylic acids is 1. The number of halogens is 3. The first-order chi connectivity index (χ1) is 18.8. The Morgan fingerprint density at radius 1 is 1.10 bits per heavy atom. The fourth-order valence-electron chi connectivity index (χ4n) is 3.82. The zero-order valence-electron chi connectivity index (χ0n) is 21.8. The van der Waals surface area contributed by atoms with Gasteiger partial charge in [-0.25, -0.2) is 0 Å². The largest absolute Gasteiger partial charge is 1.00 e. The maximum atomic E-state index is 13.3. The number of benzene rings is 1. The van der Waals surface area contributed by atoms with Gasteiger partial charge in [-0.1, -0.05) is 35.7 Å². The van der Waals surface area contributed by atoms with Gasteiger partial charge in [-0.2, -0.15) is 13.2 Å². The SMILES string of the molecule is CCOC(=O)Cn1c(=O)c(=CC=C2Sc3ccc(C(F)(F)F)cc3N2CC(=O)[O-])s/c1=C1\SC(=S)N(CC)C1=O.[Na+]. The third-order valence-corrected chi connectivity index (χ3v) is 9.43. The average molecular weight is 654 g/mol. The van der Waals surface area contributed by atoms with Gasteiger partial charge in [-0.15, -0.1) is 11.3 Å². The van der Waals surface area contributed by atoms with Crippen LogP contribution in [0.15, 0.2) is 39.0 Å². The second-order valence-corrected chi connectivity index (χ2v) is 11.9. The summed E-state index contributed by atoms with van der Waals surface area (Å²) in [6.07, 6.45) is -1.88. The number of allylic oxidation sites excluding steroid dienone is 1. The maximum Gasteiger partial charge on any atom is 1.00 e. The number of fused-ring (bicyclic) bond motifs is 1. The molecule has 0 saturated carbocycles. The third-order valence-electron chi connectivity index (χ3n) is 5.58. The number of thioether (sulfide) groups is 2. The normalized spacial score (nSPS) is 17.8. The van der Waals surface area contributed by atoms with Gasteiger partial charge in [0.1, 0.15) is 20.4 Å². The van der Waals surface area contributed by atoms with Crippen LogP contribution >= 0.6 is 47.1 Å². The number of anilines is 1. The number of rotatable bonds is 7. The molecule has 1 amide bonds. The molecule has 2 aliphatic rings. The van der Waals surface area contributed by atoms with E-state index in [1.165, 1.54) is 23.1 Å². The molecule has 0 radical (unpaired) electrons. The molecule has 0 spiro atoms. The van der Waals surface area contributed by atoms with Crippen molar-refractivity contribution in [2.45, 2.75) is 31.5 Å². The molecule has 1 aromatic heterocycles. The number of ether oxygens (including phenoxy) is 1. The van der Waals surface area contributed by atoms with Crippen molar-refractivity contribution in [3.05, 3.63) is 54.4 Å². The van der Waals surface area contributed by atoms with Gasteiger partial charge in [0.25, 0.3) is 11.5 Å². The number of carboxylic acid groups (broad SMARTS) is 1. The summed E-state index contributed by atoms with van der Waals surface area (Å²) in [6, 6.07) is 2.99. The van der Waals surface area contributed by atoms with E-state index in [2.05, 4.69) is 0 Å². The number of esters is 1. The zero-order chi connectivity index (χ0) is 29.4. The molecule has 2 aromatic rings. The Kier molecular flexibility index (Phi) is 11.0. The Balaban J connectivity index is 0.00000462. The first-order valence-corrected chi connectivity index (χ1v) is 14.4. The summed E-state index contributed by atoms with van der Waals surface area (Å²) < 4.78 is 46.5. The fraction of sp³-hybridized carbons (Fsp3) is 0.292. The van der Waals surface area contributed by atoms with Crippen LogP contribution in [0.25, 0.3) is 11.0 Å². The zero-order valence-corrected chi connectivity index (χ0v) is 27.0. The average Bonchev–Trinajstić information content (AvgIpc) is 3.47. The molecule has 1 saturated heterocycles. The molecular weight excluding hydrogens is 635 g/mol. The molecule has 4 rings (SSSR count). The summed E-state index contributed by atoms with van der Waals surface area (Å²) in [5, 5.41) is 11.7. The molecule has 41 heavy (non-hydrogen) atoms. The molecule has 0 unspecified atom stereocenters. The summed E-state index contributed by atoms with van der Waals surface area (Å²) in [5.74, 6) is -2.62.